The van der Waals surface area contributed by atoms with Crippen LogP contribution < -0.4 is 0 Å². The van der Waals surface area contributed by atoms with E-state index in [1.165, 1.54) is 6.07 Å². The Balaban J connectivity index is 2.41. The maximum absolute atomic E-state index is 12.8. The number of rotatable bonds is 4. The first-order chi connectivity index (χ1) is 9.37. The van der Waals surface area contributed by atoms with Crippen LogP contribution in [-0.2, 0) is 10.0 Å². The molecule has 2 rings (SSSR count). The first-order valence-corrected chi connectivity index (χ1v) is 8.99. The lowest BCUT2D eigenvalue weighted by Gasteiger charge is -2.34. The van der Waals surface area contributed by atoms with E-state index in [-0.39, 0.29) is 15.8 Å². The van der Waals surface area contributed by atoms with Crippen LogP contribution >= 0.6 is 11.3 Å². The maximum Gasteiger partial charge on any atom is 0.345 e. The fraction of sp³-hybridized carbons (Fsp3) is 0.615. The summed E-state index contributed by atoms with van der Waals surface area (Å²) in [5.41, 5.74) is 0. The van der Waals surface area contributed by atoms with Gasteiger partial charge < -0.3 is 5.11 Å². The minimum atomic E-state index is -3.59. The Kier molecular flexibility index (Phi) is 4.51. The van der Waals surface area contributed by atoms with Crippen molar-refractivity contribution < 1.29 is 18.3 Å². The Morgan fingerprint density at radius 1 is 1.50 bits per heavy atom. The van der Waals surface area contributed by atoms with Gasteiger partial charge in [-0.1, -0.05) is 13.3 Å². The Labute approximate surface area is 123 Å². The summed E-state index contributed by atoms with van der Waals surface area (Å²) in [6.07, 6.45) is 3.58. The number of hydrogen-bond donors (Lipinski definition) is 1. The van der Waals surface area contributed by atoms with Crippen LogP contribution in [-0.4, -0.2) is 36.4 Å². The molecule has 0 spiro atoms. The molecule has 1 unspecified atom stereocenters. The van der Waals surface area contributed by atoms with E-state index in [4.69, 9.17) is 5.11 Å². The van der Waals surface area contributed by atoms with Gasteiger partial charge in [-0.05, 0) is 32.3 Å². The fourth-order valence-electron chi connectivity index (χ4n) is 2.65. The van der Waals surface area contributed by atoms with Gasteiger partial charge >= 0.3 is 5.97 Å². The summed E-state index contributed by atoms with van der Waals surface area (Å²) in [5, 5.41) is 9.00. The SMILES string of the molecule is CCC1CCCCN1S(=O)(=O)c1cc(C(=O)O)sc1C. The zero-order valence-electron chi connectivity index (χ0n) is 11.6. The molecule has 1 aliphatic rings. The van der Waals surface area contributed by atoms with Crippen LogP contribution in [0.4, 0.5) is 0 Å². The van der Waals surface area contributed by atoms with Crippen LogP contribution in [0.5, 0.6) is 0 Å². The molecule has 1 saturated heterocycles. The molecule has 0 saturated carbocycles. The minimum absolute atomic E-state index is 0.0290. The van der Waals surface area contributed by atoms with E-state index in [1.54, 1.807) is 11.2 Å². The maximum atomic E-state index is 12.8. The second-order valence-electron chi connectivity index (χ2n) is 5.01. The Morgan fingerprint density at radius 3 is 2.75 bits per heavy atom. The summed E-state index contributed by atoms with van der Waals surface area (Å²) in [7, 11) is -3.59. The number of carboxylic acids is 1. The van der Waals surface area contributed by atoms with E-state index in [1.807, 2.05) is 6.92 Å². The van der Waals surface area contributed by atoms with Crippen molar-refractivity contribution in [2.24, 2.45) is 0 Å². The van der Waals surface area contributed by atoms with Crippen molar-refractivity contribution in [3.8, 4) is 0 Å². The largest absolute Gasteiger partial charge is 0.477 e. The summed E-state index contributed by atoms with van der Waals surface area (Å²) >= 11 is 1.02. The van der Waals surface area contributed by atoms with E-state index in [0.29, 0.717) is 11.4 Å². The lowest BCUT2D eigenvalue weighted by molar-refractivity contribution is 0.0702. The van der Waals surface area contributed by atoms with E-state index in [9.17, 15) is 13.2 Å². The number of thiophene rings is 1. The number of carboxylic acid groups (broad SMARTS) is 1. The zero-order valence-corrected chi connectivity index (χ0v) is 13.3. The molecule has 5 nitrogen and oxygen atoms in total. The van der Waals surface area contributed by atoms with Gasteiger partial charge in [-0.15, -0.1) is 11.3 Å². The third-order valence-electron chi connectivity index (χ3n) is 3.71. The summed E-state index contributed by atoms with van der Waals surface area (Å²) < 4.78 is 27.1. The smallest absolute Gasteiger partial charge is 0.345 e. The number of aryl methyl sites for hydroxylation is 1. The van der Waals surface area contributed by atoms with Gasteiger partial charge in [0.1, 0.15) is 4.88 Å². The van der Waals surface area contributed by atoms with Crippen molar-refractivity contribution in [3.05, 3.63) is 15.8 Å². The predicted octanol–water partition coefficient (Wildman–Crippen LogP) is 2.71. The third-order valence-corrected chi connectivity index (χ3v) is 6.96. The Hall–Kier alpha value is -0.920. The molecular weight excluding hydrogens is 298 g/mol. The molecule has 2 heterocycles. The highest BCUT2D eigenvalue weighted by molar-refractivity contribution is 7.89. The summed E-state index contributed by atoms with van der Waals surface area (Å²) in [4.78, 5) is 11.8. The van der Waals surface area contributed by atoms with Crippen molar-refractivity contribution in [1.29, 1.82) is 0 Å². The van der Waals surface area contributed by atoms with E-state index in [2.05, 4.69) is 0 Å². The number of piperidine rings is 1. The molecular formula is C13H19NO4S2. The fourth-order valence-corrected chi connectivity index (χ4v) is 5.82. The average molecular weight is 317 g/mol. The van der Waals surface area contributed by atoms with Crippen LogP contribution in [0.2, 0.25) is 0 Å². The van der Waals surface area contributed by atoms with E-state index < -0.39 is 16.0 Å². The number of carbonyl (C=O) groups is 1. The lowest BCUT2D eigenvalue weighted by Crippen LogP contribution is -2.43. The highest BCUT2D eigenvalue weighted by atomic mass is 32.2. The molecule has 112 valence electrons. The second kappa shape index (κ2) is 5.83. The average Bonchev–Trinajstić information content (AvgIpc) is 2.81. The van der Waals surface area contributed by atoms with Crippen molar-refractivity contribution >= 4 is 27.3 Å². The van der Waals surface area contributed by atoms with Gasteiger partial charge in [0.2, 0.25) is 10.0 Å². The first kappa shape index (κ1) is 15.5. The Morgan fingerprint density at radius 2 is 2.20 bits per heavy atom. The van der Waals surface area contributed by atoms with Crippen molar-refractivity contribution in [2.75, 3.05) is 6.54 Å². The highest BCUT2D eigenvalue weighted by Gasteiger charge is 2.34. The Bertz CT molecular complexity index is 606. The van der Waals surface area contributed by atoms with Crippen LogP contribution in [0.25, 0.3) is 0 Å². The van der Waals surface area contributed by atoms with Crippen molar-refractivity contribution in [3.63, 3.8) is 0 Å². The van der Waals surface area contributed by atoms with Crippen LogP contribution in [0.1, 0.15) is 47.2 Å². The highest BCUT2D eigenvalue weighted by Crippen LogP contribution is 2.32. The van der Waals surface area contributed by atoms with Crippen LogP contribution in [0.3, 0.4) is 0 Å². The van der Waals surface area contributed by atoms with E-state index >= 15 is 0 Å². The molecule has 7 heteroatoms. The molecule has 0 amide bonds. The standard InChI is InChI=1S/C13H19NO4S2/c1-3-10-6-4-5-7-14(10)20(17,18)12-8-11(13(15)16)19-9(12)2/h8,10H,3-7H2,1-2H3,(H,15,16). The molecule has 1 atom stereocenters. The molecule has 1 aromatic rings. The summed E-state index contributed by atoms with van der Waals surface area (Å²) in [5.74, 6) is -1.08. The lowest BCUT2D eigenvalue weighted by atomic mass is 10.0. The predicted molar refractivity (Wildman–Crippen MR) is 77.8 cm³/mol. The van der Waals surface area contributed by atoms with E-state index in [0.717, 1.165) is 37.0 Å². The van der Waals surface area contributed by atoms with Gasteiger partial charge in [0.25, 0.3) is 0 Å². The topological polar surface area (TPSA) is 74.7 Å². The van der Waals surface area contributed by atoms with Crippen molar-refractivity contribution in [1.82, 2.24) is 4.31 Å². The quantitative estimate of drug-likeness (QED) is 0.926. The van der Waals surface area contributed by atoms with Gasteiger partial charge in [-0.3, -0.25) is 0 Å². The molecule has 0 bridgehead atoms. The van der Waals surface area contributed by atoms with Gasteiger partial charge in [-0.25, -0.2) is 13.2 Å². The number of hydrogen-bond acceptors (Lipinski definition) is 4. The normalized spacial score (nSPS) is 21.0. The summed E-state index contributed by atoms with van der Waals surface area (Å²) in [6, 6.07) is 1.32. The first-order valence-electron chi connectivity index (χ1n) is 6.73. The van der Waals surface area contributed by atoms with Gasteiger partial charge in [0, 0.05) is 17.5 Å². The monoisotopic (exact) mass is 317 g/mol. The molecule has 0 aromatic carbocycles. The molecule has 1 aromatic heterocycles. The number of sulfonamides is 1. The number of nitrogens with zero attached hydrogens (tertiary/aromatic N) is 1. The molecule has 0 radical (unpaired) electrons. The molecule has 0 aliphatic carbocycles. The van der Waals surface area contributed by atoms with Crippen LogP contribution in [0.15, 0.2) is 11.0 Å². The minimum Gasteiger partial charge on any atom is -0.477 e. The molecule has 1 fully saturated rings. The number of aromatic carboxylic acids is 1. The van der Waals surface area contributed by atoms with Crippen molar-refractivity contribution in [2.45, 2.75) is 50.5 Å². The van der Waals surface area contributed by atoms with Gasteiger partial charge in [-0.2, -0.15) is 4.31 Å². The third kappa shape index (κ3) is 2.75. The van der Waals surface area contributed by atoms with Crippen LogP contribution in [0, 0.1) is 6.92 Å². The van der Waals surface area contributed by atoms with Gasteiger partial charge in [0.05, 0.1) is 4.90 Å². The zero-order chi connectivity index (χ0) is 14.9. The molecule has 1 aliphatic heterocycles. The second-order valence-corrected chi connectivity index (χ2v) is 8.13. The molecule has 1 N–H and O–H groups in total. The van der Waals surface area contributed by atoms with Gasteiger partial charge in [0.15, 0.2) is 0 Å². The molecule has 20 heavy (non-hydrogen) atoms. The summed E-state index contributed by atoms with van der Waals surface area (Å²) in [6.45, 7) is 4.18.